The van der Waals surface area contributed by atoms with Crippen molar-refractivity contribution in [3.05, 3.63) is 64.5 Å². The molecule has 1 aromatic heterocycles. The van der Waals surface area contributed by atoms with Gasteiger partial charge in [0.1, 0.15) is 0 Å². The van der Waals surface area contributed by atoms with Crippen molar-refractivity contribution < 1.29 is 14.5 Å². The minimum Gasteiger partial charge on any atom is -0.463 e. The Morgan fingerprint density at radius 2 is 2.05 bits per heavy atom. The van der Waals surface area contributed by atoms with Crippen molar-refractivity contribution in [1.82, 2.24) is 4.98 Å². The number of nitrogens with zero attached hydrogens (tertiary/aromatic N) is 2. The second-order valence-corrected chi connectivity index (χ2v) is 4.35. The van der Waals surface area contributed by atoms with Crippen molar-refractivity contribution in [1.29, 1.82) is 0 Å². The maximum absolute atomic E-state index is 11.4. The van der Waals surface area contributed by atoms with Gasteiger partial charge in [0, 0.05) is 36.2 Å². The van der Waals surface area contributed by atoms with Gasteiger partial charge in [-0.1, -0.05) is 0 Å². The number of carbonyl (C=O) groups is 1. The SMILES string of the molecule is CCOC(=O)/C=C/c1cnccc1-c1ccc([N+](=O)[O-])cc1. The minimum atomic E-state index is -0.447. The Hall–Kier alpha value is -3.02. The van der Waals surface area contributed by atoms with Crippen LogP contribution in [-0.2, 0) is 9.53 Å². The summed E-state index contributed by atoms with van der Waals surface area (Å²) in [5.74, 6) is -0.430. The molecule has 0 N–H and O–H groups in total. The number of nitro benzene ring substituents is 1. The number of esters is 1. The number of hydrogen-bond donors (Lipinski definition) is 0. The fraction of sp³-hybridized carbons (Fsp3) is 0.125. The van der Waals surface area contributed by atoms with Crippen molar-refractivity contribution in [2.75, 3.05) is 6.61 Å². The Morgan fingerprint density at radius 1 is 1.32 bits per heavy atom. The lowest BCUT2D eigenvalue weighted by Gasteiger charge is -2.05. The van der Waals surface area contributed by atoms with E-state index in [4.69, 9.17) is 4.74 Å². The Labute approximate surface area is 127 Å². The van der Waals surface area contributed by atoms with E-state index in [1.807, 2.05) is 0 Å². The van der Waals surface area contributed by atoms with Gasteiger partial charge in [0.2, 0.25) is 0 Å². The molecule has 0 amide bonds. The van der Waals surface area contributed by atoms with Crippen LogP contribution in [0.1, 0.15) is 12.5 Å². The molecule has 0 aliphatic rings. The molecule has 112 valence electrons. The summed E-state index contributed by atoms with van der Waals surface area (Å²) in [5, 5.41) is 10.7. The summed E-state index contributed by atoms with van der Waals surface area (Å²) >= 11 is 0. The van der Waals surface area contributed by atoms with Crippen LogP contribution in [0.3, 0.4) is 0 Å². The van der Waals surface area contributed by atoms with Crippen LogP contribution in [0.25, 0.3) is 17.2 Å². The van der Waals surface area contributed by atoms with Gasteiger partial charge < -0.3 is 4.74 Å². The van der Waals surface area contributed by atoms with Crippen LogP contribution < -0.4 is 0 Å². The van der Waals surface area contributed by atoms with Gasteiger partial charge in [0.05, 0.1) is 11.5 Å². The van der Waals surface area contributed by atoms with Crippen LogP contribution in [0.5, 0.6) is 0 Å². The lowest BCUT2D eigenvalue weighted by Crippen LogP contribution is -1.98. The number of rotatable bonds is 5. The first-order valence-electron chi connectivity index (χ1n) is 6.65. The molecule has 6 heteroatoms. The number of hydrogen-bond acceptors (Lipinski definition) is 5. The van der Waals surface area contributed by atoms with E-state index in [-0.39, 0.29) is 5.69 Å². The Balaban J connectivity index is 2.31. The molecular formula is C16H14N2O4. The molecular weight excluding hydrogens is 284 g/mol. The third-order valence-corrected chi connectivity index (χ3v) is 2.93. The second kappa shape index (κ2) is 7.12. The van der Waals surface area contributed by atoms with Crippen molar-refractivity contribution in [3.63, 3.8) is 0 Å². The Morgan fingerprint density at radius 3 is 2.68 bits per heavy atom. The van der Waals surface area contributed by atoms with E-state index in [2.05, 4.69) is 4.98 Å². The monoisotopic (exact) mass is 298 g/mol. The number of nitro groups is 1. The fourth-order valence-corrected chi connectivity index (χ4v) is 1.91. The van der Waals surface area contributed by atoms with Gasteiger partial charge in [-0.3, -0.25) is 15.1 Å². The fourth-order valence-electron chi connectivity index (χ4n) is 1.91. The smallest absolute Gasteiger partial charge is 0.330 e. The summed E-state index contributed by atoms with van der Waals surface area (Å²) in [6.45, 7) is 2.05. The molecule has 0 bridgehead atoms. The average molecular weight is 298 g/mol. The van der Waals surface area contributed by atoms with Crippen LogP contribution in [0, 0.1) is 10.1 Å². The zero-order chi connectivity index (χ0) is 15.9. The van der Waals surface area contributed by atoms with Gasteiger partial charge in [-0.05, 0) is 42.3 Å². The zero-order valence-electron chi connectivity index (χ0n) is 11.9. The summed E-state index contributed by atoms with van der Waals surface area (Å²) in [4.78, 5) is 25.6. The van der Waals surface area contributed by atoms with Crippen LogP contribution in [0.15, 0.2) is 48.8 Å². The van der Waals surface area contributed by atoms with Crippen LogP contribution in [0.2, 0.25) is 0 Å². The van der Waals surface area contributed by atoms with Crippen molar-refractivity contribution in [3.8, 4) is 11.1 Å². The molecule has 0 unspecified atom stereocenters. The van der Waals surface area contributed by atoms with E-state index < -0.39 is 10.9 Å². The number of ether oxygens (including phenoxy) is 1. The topological polar surface area (TPSA) is 82.3 Å². The van der Waals surface area contributed by atoms with Crippen LogP contribution >= 0.6 is 0 Å². The summed E-state index contributed by atoms with van der Waals surface area (Å²) in [7, 11) is 0. The van der Waals surface area contributed by atoms with Crippen molar-refractivity contribution in [2.24, 2.45) is 0 Å². The van der Waals surface area contributed by atoms with Crippen LogP contribution in [0.4, 0.5) is 5.69 Å². The first kappa shape index (κ1) is 15.4. The molecule has 1 aromatic carbocycles. The molecule has 0 saturated heterocycles. The number of benzene rings is 1. The highest BCUT2D eigenvalue weighted by molar-refractivity contribution is 5.89. The lowest BCUT2D eigenvalue weighted by molar-refractivity contribution is -0.384. The van der Waals surface area contributed by atoms with Gasteiger partial charge in [-0.2, -0.15) is 0 Å². The van der Waals surface area contributed by atoms with Gasteiger partial charge in [0.15, 0.2) is 0 Å². The molecule has 0 aliphatic heterocycles. The molecule has 2 aromatic rings. The zero-order valence-corrected chi connectivity index (χ0v) is 11.9. The standard InChI is InChI=1S/C16H14N2O4/c1-2-22-16(19)8-5-13-11-17-10-9-15(13)12-3-6-14(7-4-12)18(20)21/h3-11H,2H2,1H3/b8-5+. The van der Waals surface area contributed by atoms with E-state index >= 15 is 0 Å². The van der Waals surface area contributed by atoms with E-state index in [1.165, 1.54) is 18.2 Å². The Kier molecular flexibility index (Phi) is 4.98. The molecule has 0 spiro atoms. The van der Waals surface area contributed by atoms with Crippen LogP contribution in [-0.4, -0.2) is 22.5 Å². The molecule has 22 heavy (non-hydrogen) atoms. The average Bonchev–Trinajstić information content (AvgIpc) is 2.53. The van der Waals surface area contributed by atoms with Gasteiger partial charge >= 0.3 is 5.97 Å². The number of non-ortho nitro benzene ring substituents is 1. The molecule has 6 nitrogen and oxygen atoms in total. The van der Waals surface area contributed by atoms with Gasteiger partial charge in [-0.25, -0.2) is 4.79 Å². The van der Waals surface area contributed by atoms with E-state index in [0.29, 0.717) is 6.61 Å². The Bertz CT molecular complexity index is 708. The quantitative estimate of drug-likeness (QED) is 0.366. The third-order valence-electron chi connectivity index (χ3n) is 2.93. The van der Waals surface area contributed by atoms with Crippen molar-refractivity contribution >= 4 is 17.7 Å². The van der Waals surface area contributed by atoms with E-state index in [1.54, 1.807) is 43.6 Å². The molecule has 0 saturated carbocycles. The molecule has 0 aliphatic carbocycles. The molecule has 0 fully saturated rings. The summed E-state index contributed by atoms with van der Waals surface area (Å²) < 4.78 is 4.83. The molecule has 0 atom stereocenters. The normalized spacial score (nSPS) is 10.6. The summed E-state index contributed by atoms with van der Waals surface area (Å²) in [6.07, 6.45) is 6.18. The highest BCUT2D eigenvalue weighted by Gasteiger charge is 2.07. The van der Waals surface area contributed by atoms with E-state index in [9.17, 15) is 14.9 Å². The largest absolute Gasteiger partial charge is 0.463 e. The lowest BCUT2D eigenvalue weighted by atomic mass is 10.0. The number of pyridine rings is 1. The highest BCUT2D eigenvalue weighted by atomic mass is 16.6. The van der Waals surface area contributed by atoms with E-state index in [0.717, 1.165) is 16.7 Å². The van der Waals surface area contributed by atoms with Gasteiger partial charge in [0.25, 0.3) is 5.69 Å². The first-order chi connectivity index (χ1) is 10.6. The molecule has 2 rings (SSSR count). The first-order valence-corrected chi connectivity index (χ1v) is 6.65. The summed E-state index contributed by atoms with van der Waals surface area (Å²) in [6, 6.07) is 7.99. The molecule has 0 radical (unpaired) electrons. The predicted molar refractivity (Wildman–Crippen MR) is 82.0 cm³/mol. The predicted octanol–water partition coefficient (Wildman–Crippen LogP) is 3.23. The maximum Gasteiger partial charge on any atom is 0.330 e. The molecule has 1 heterocycles. The third kappa shape index (κ3) is 3.76. The van der Waals surface area contributed by atoms with Crippen molar-refractivity contribution in [2.45, 2.75) is 6.92 Å². The number of aromatic nitrogens is 1. The minimum absolute atomic E-state index is 0.0291. The number of carbonyl (C=O) groups excluding carboxylic acids is 1. The maximum atomic E-state index is 11.4. The highest BCUT2D eigenvalue weighted by Crippen LogP contribution is 2.26. The second-order valence-electron chi connectivity index (χ2n) is 4.35. The summed E-state index contributed by atoms with van der Waals surface area (Å²) in [5.41, 5.74) is 2.38. The van der Waals surface area contributed by atoms with Gasteiger partial charge in [-0.15, -0.1) is 0 Å².